The van der Waals surface area contributed by atoms with Crippen molar-refractivity contribution in [2.75, 3.05) is 7.05 Å². The number of thioether (sulfide) groups is 1. The van der Waals surface area contributed by atoms with E-state index in [0.29, 0.717) is 5.84 Å². The van der Waals surface area contributed by atoms with E-state index in [-0.39, 0.29) is 9.49 Å². The van der Waals surface area contributed by atoms with Crippen LogP contribution in [-0.2, 0) is 4.84 Å². The number of hydrogen-bond acceptors (Lipinski definition) is 7. The maximum atomic E-state index is 12.0. The van der Waals surface area contributed by atoms with Gasteiger partial charge in [-0.3, -0.25) is 9.40 Å². The smallest absolute Gasteiger partial charge is 0.295 e. The van der Waals surface area contributed by atoms with E-state index in [1.807, 2.05) is 24.6 Å². The van der Waals surface area contributed by atoms with Gasteiger partial charge in [0.2, 0.25) is 0 Å². The number of oxime groups is 1. The SMILES string of the molecule is CN(SSC(C)(C)C)C(=O)ON=C1n2ccnc2SC1(C)C. The van der Waals surface area contributed by atoms with Crippen molar-refractivity contribution in [1.82, 2.24) is 13.9 Å². The number of amides is 1. The first-order chi connectivity index (χ1) is 10.1. The lowest BCUT2D eigenvalue weighted by molar-refractivity contribution is 0.136. The lowest BCUT2D eigenvalue weighted by atomic mass is 10.2. The zero-order valence-corrected chi connectivity index (χ0v) is 15.9. The molecule has 0 atom stereocenters. The molecule has 1 amide bonds. The summed E-state index contributed by atoms with van der Waals surface area (Å²) < 4.78 is 3.05. The number of rotatable bonds is 3. The van der Waals surface area contributed by atoms with Gasteiger partial charge in [0.1, 0.15) is 0 Å². The quantitative estimate of drug-likeness (QED) is 0.350. The van der Waals surface area contributed by atoms with Crippen LogP contribution in [0, 0.1) is 0 Å². The molecule has 22 heavy (non-hydrogen) atoms. The number of hydrogen-bond donors (Lipinski definition) is 0. The van der Waals surface area contributed by atoms with Crippen LogP contribution in [0.1, 0.15) is 34.6 Å². The molecule has 0 aromatic carbocycles. The van der Waals surface area contributed by atoms with Gasteiger partial charge >= 0.3 is 6.09 Å². The highest BCUT2D eigenvalue weighted by molar-refractivity contribution is 8.76. The first-order valence-corrected chi connectivity index (χ1v) is 9.64. The molecule has 1 aliphatic heterocycles. The van der Waals surface area contributed by atoms with Gasteiger partial charge in [0.05, 0.1) is 4.75 Å². The molecule has 0 bridgehead atoms. The molecule has 0 unspecified atom stereocenters. The second-order valence-electron chi connectivity index (χ2n) is 6.23. The molecule has 0 N–H and O–H groups in total. The highest BCUT2D eigenvalue weighted by Crippen LogP contribution is 2.40. The van der Waals surface area contributed by atoms with Crippen LogP contribution >= 0.6 is 33.5 Å². The van der Waals surface area contributed by atoms with Crippen molar-refractivity contribution < 1.29 is 9.63 Å². The average Bonchev–Trinajstić information content (AvgIpc) is 2.90. The van der Waals surface area contributed by atoms with Crippen molar-refractivity contribution in [2.45, 2.75) is 49.3 Å². The summed E-state index contributed by atoms with van der Waals surface area (Å²) in [7, 11) is 4.60. The molecule has 1 aromatic heterocycles. The Kier molecular flexibility index (Phi) is 5.08. The van der Waals surface area contributed by atoms with E-state index in [0.717, 1.165) is 5.16 Å². The van der Waals surface area contributed by atoms with Crippen LogP contribution in [0.25, 0.3) is 0 Å². The Hall–Kier alpha value is -0.800. The summed E-state index contributed by atoms with van der Waals surface area (Å²) >= 11 is 1.59. The molecule has 0 radical (unpaired) electrons. The monoisotopic (exact) mass is 360 g/mol. The molecule has 0 saturated heterocycles. The van der Waals surface area contributed by atoms with Crippen molar-refractivity contribution >= 4 is 45.5 Å². The van der Waals surface area contributed by atoms with Crippen LogP contribution in [0.4, 0.5) is 4.79 Å². The molecular formula is C13H20N4O2S3. The maximum absolute atomic E-state index is 12.0. The van der Waals surface area contributed by atoms with Gasteiger partial charge in [-0.1, -0.05) is 48.5 Å². The largest absolute Gasteiger partial charge is 0.446 e. The molecule has 6 nitrogen and oxygen atoms in total. The predicted octanol–water partition coefficient (Wildman–Crippen LogP) is 4.09. The summed E-state index contributed by atoms with van der Waals surface area (Å²) in [5.41, 5.74) is 0. The normalized spacial score (nSPS) is 18.4. The van der Waals surface area contributed by atoms with Crippen LogP contribution in [0.5, 0.6) is 0 Å². The fourth-order valence-corrected chi connectivity index (χ4v) is 4.24. The fraction of sp³-hybridized carbons (Fsp3) is 0.615. The zero-order valence-electron chi connectivity index (χ0n) is 13.5. The first-order valence-electron chi connectivity index (χ1n) is 6.72. The molecule has 0 saturated carbocycles. The number of aromatic nitrogens is 2. The predicted molar refractivity (Wildman–Crippen MR) is 94.2 cm³/mol. The molecule has 1 aromatic rings. The van der Waals surface area contributed by atoms with Crippen LogP contribution < -0.4 is 0 Å². The minimum atomic E-state index is -0.497. The third-order valence-corrected chi connectivity index (χ3v) is 7.11. The molecule has 2 rings (SSSR count). The number of fused-ring (bicyclic) bond motifs is 1. The molecule has 0 fully saturated rings. The molecule has 0 aliphatic carbocycles. The maximum Gasteiger partial charge on any atom is 0.446 e. The van der Waals surface area contributed by atoms with Gasteiger partial charge in [-0.05, 0) is 13.8 Å². The molecule has 9 heteroatoms. The van der Waals surface area contributed by atoms with E-state index in [9.17, 15) is 4.79 Å². The second kappa shape index (κ2) is 6.37. The molecular weight excluding hydrogens is 340 g/mol. The zero-order chi connectivity index (χ0) is 16.5. The van der Waals surface area contributed by atoms with E-state index in [1.165, 1.54) is 15.3 Å². The summed E-state index contributed by atoms with van der Waals surface area (Å²) in [6.45, 7) is 10.3. The lowest BCUT2D eigenvalue weighted by Gasteiger charge is -2.20. The average molecular weight is 361 g/mol. The Labute approximate surface area is 143 Å². The second-order valence-corrected chi connectivity index (χ2v) is 10.9. The molecule has 0 spiro atoms. The first kappa shape index (κ1) is 17.6. The van der Waals surface area contributed by atoms with E-state index in [4.69, 9.17) is 4.84 Å². The Morgan fingerprint density at radius 3 is 2.82 bits per heavy atom. The summed E-state index contributed by atoms with van der Waals surface area (Å²) in [5, 5.41) is 4.91. The highest BCUT2D eigenvalue weighted by atomic mass is 33.1. The van der Waals surface area contributed by atoms with E-state index >= 15 is 0 Å². The standard InChI is InChI=1S/C13H20N4O2S3/c1-12(2,3)21-22-16(6)11(18)19-15-9-13(4,5)20-10-14-7-8-17(9)10/h7-8H,1-6H3. The minimum Gasteiger partial charge on any atom is -0.295 e. The highest BCUT2D eigenvalue weighted by Gasteiger charge is 2.38. The van der Waals surface area contributed by atoms with Gasteiger partial charge in [0.15, 0.2) is 11.0 Å². The number of carbonyl (C=O) groups is 1. The fourth-order valence-electron chi connectivity index (χ4n) is 1.58. The van der Waals surface area contributed by atoms with Crippen LogP contribution in [0.3, 0.4) is 0 Å². The Bertz CT molecular complexity index is 592. The number of nitrogens with zero attached hydrogens (tertiary/aromatic N) is 4. The van der Waals surface area contributed by atoms with Crippen molar-refractivity contribution in [3.8, 4) is 0 Å². The number of carbonyl (C=O) groups excluding carboxylic acids is 1. The summed E-state index contributed by atoms with van der Waals surface area (Å²) in [5.74, 6) is 0.667. The Morgan fingerprint density at radius 1 is 1.50 bits per heavy atom. The van der Waals surface area contributed by atoms with Crippen molar-refractivity contribution in [3.05, 3.63) is 12.4 Å². The van der Waals surface area contributed by atoms with Gasteiger partial charge in [-0.25, -0.2) is 14.1 Å². The lowest BCUT2D eigenvalue weighted by Crippen LogP contribution is -2.29. The Balaban J connectivity index is 2.00. The number of imidazole rings is 1. The summed E-state index contributed by atoms with van der Waals surface area (Å²) in [6.07, 6.45) is 3.03. The van der Waals surface area contributed by atoms with Crippen molar-refractivity contribution in [2.24, 2.45) is 5.16 Å². The third-order valence-electron chi connectivity index (χ3n) is 2.59. The molecule has 1 aliphatic rings. The van der Waals surface area contributed by atoms with Gasteiger partial charge < -0.3 is 0 Å². The van der Waals surface area contributed by atoms with Crippen molar-refractivity contribution in [1.29, 1.82) is 0 Å². The van der Waals surface area contributed by atoms with Crippen LogP contribution in [0.2, 0.25) is 0 Å². The molecule has 122 valence electrons. The summed E-state index contributed by atoms with van der Waals surface area (Å²) in [6, 6.07) is 0. The third kappa shape index (κ3) is 4.14. The topological polar surface area (TPSA) is 59.7 Å². The molecule has 2 heterocycles. The van der Waals surface area contributed by atoms with Gasteiger partial charge in [-0.15, -0.1) is 0 Å². The van der Waals surface area contributed by atoms with Crippen LogP contribution in [-0.4, -0.2) is 42.3 Å². The van der Waals surface area contributed by atoms with Crippen molar-refractivity contribution in [3.63, 3.8) is 0 Å². The van der Waals surface area contributed by atoms with E-state index < -0.39 is 6.09 Å². The van der Waals surface area contributed by atoms with Gasteiger partial charge in [0.25, 0.3) is 0 Å². The van der Waals surface area contributed by atoms with Gasteiger partial charge in [-0.2, -0.15) is 0 Å². The van der Waals surface area contributed by atoms with Crippen LogP contribution in [0.15, 0.2) is 22.7 Å². The minimum absolute atomic E-state index is 0.0564. The van der Waals surface area contributed by atoms with Gasteiger partial charge in [0, 0.05) is 35.2 Å². The van der Waals surface area contributed by atoms with E-state index in [2.05, 4.69) is 30.9 Å². The Morgan fingerprint density at radius 2 is 2.18 bits per heavy atom. The summed E-state index contributed by atoms with van der Waals surface area (Å²) in [4.78, 5) is 21.4. The van der Waals surface area contributed by atoms with E-state index in [1.54, 1.807) is 35.8 Å².